The summed E-state index contributed by atoms with van der Waals surface area (Å²) in [7, 11) is 3.26. The molecule has 5 heteroatoms. The number of nitrogens with zero attached hydrogens (tertiary/aromatic N) is 1. The summed E-state index contributed by atoms with van der Waals surface area (Å²) in [5.41, 5.74) is 0.929. The molecule has 0 aliphatic heterocycles. The fourth-order valence-corrected chi connectivity index (χ4v) is 2.43. The first-order chi connectivity index (χ1) is 7.78. The molecule has 0 fully saturated rings. The summed E-state index contributed by atoms with van der Waals surface area (Å²) in [5, 5.41) is 4.12. The van der Waals surface area contributed by atoms with E-state index in [4.69, 9.17) is 9.47 Å². The summed E-state index contributed by atoms with van der Waals surface area (Å²) in [4.78, 5) is 4.46. The third-order valence-electron chi connectivity index (χ3n) is 2.22. The van der Waals surface area contributed by atoms with Crippen molar-refractivity contribution >= 4 is 26.7 Å². The normalized spacial score (nSPS) is 10.4. The zero-order valence-corrected chi connectivity index (χ0v) is 10.4. The number of anilines is 1. The van der Waals surface area contributed by atoms with Gasteiger partial charge in [0.1, 0.15) is 0 Å². The van der Waals surface area contributed by atoms with E-state index in [1.54, 1.807) is 25.6 Å². The Kier molecular flexibility index (Phi) is 3.14. The van der Waals surface area contributed by atoms with E-state index in [0.717, 1.165) is 27.6 Å². The average Bonchev–Trinajstić information content (AvgIpc) is 2.68. The third-order valence-corrected chi connectivity index (χ3v) is 3.20. The van der Waals surface area contributed by atoms with Gasteiger partial charge in [-0.15, -0.1) is 0 Å². The maximum absolute atomic E-state index is 5.25. The van der Waals surface area contributed by atoms with Crippen LogP contribution in [0, 0.1) is 0 Å². The SMILES string of the molecule is CCNc1nc2cc(OC)c(OC)cc2s1. The van der Waals surface area contributed by atoms with Crippen molar-refractivity contribution in [3.8, 4) is 11.5 Å². The molecule has 16 heavy (non-hydrogen) atoms. The molecule has 0 saturated carbocycles. The lowest BCUT2D eigenvalue weighted by molar-refractivity contribution is 0.356. The van der Waals surface area contributed by atoms with Crippen molar-refractivity contribution in [2.24, 2.45) is 0 Å². The van der Waals surface area contributed by atoms with Gasteiger partial charge in [0.2, 0.25) is 0 Å². The second-order valence-electron chi connectivity index (χ2n) is 3.22. The third kappa shape index (κ3) is 1.90. The number of rotatable bonds is 4. The number of nitrogens with one attached hydrogen (secondary N) is 1. The van der Waals surface area contributed by atoms with E-state index in [9.17, 15) is 0 Å². The Morgan fingerprint density at radius 3 is 2.56 bits per heavy atom. The minimum Gasteiger partial charge on any atom is -0.493 e. The zero-order chi connectivity index (χ0) is 11.5. The lowest BCUT2D eigenvalue weighted by Crippen LogP contribution is -1.94. The van der Waals surface area contributed by atoms with Crippen LogP contribution in [0.25, 0.3) is 10.2 Å². The highest BCUT2D eigenvalue weighted by Crippen LogP contribution is 2.35. The Bertz CT molecular complexity index is 455. The summed E-state index contributed by atoms with van der Waals surface area (Å²) >= 11 is 1.61. The van der Waals surface area contributed by atoms with Crippen LogP contribution in [0.4, 0.5) is 5.13 Å². The fraction of sp³-hybridized carbons (Fsp3) is 0.364. The second-order valence-corrected chi connectivity index (χ2v) is 4.25. The molecule has 0 radical (unpaired) electrons. The van der Waals surface area contributed by atoms with Gasteiger partial charge < -0.3 is 14.8 Å². The van der Waals surface area contributed by atoms with Crippen molar-refractivity contribution in [3.63, 3.8) is 0 Å². The molecule has 86 valence electrons. The van der Waals surface area contributed by atoms with Crippen LogP contribution in [0.5, 0.6) is 11.5 Å². The Balaban J connectivity index is 2.51. The predicted molar refractivity (Wildman–Crippen MR) is 66.9 cm³/mol. The highest BCUT2D eigenvalue weighted by Gasteiger charge is 2.09. The van der Waals surface area contributed by atoms with Gasteiger partial charge in [-0.05, 0) is 6.92 Å². The molecular formula is C11H14N2O2S. The van der Waals surface area contributed by atoms with Crippen LogP contribution >= 0.6 is 11.3 Å². The molecular weight excluding hydrogens is 224 g/mol. The second kappa shape index (κ2) is 4.57. The molecule has 1 aromatic carbocycles. The highest BCUT2D eigenvalue weighted by atomic mass is 32.1. The molecule has 0 bridgehead atoms. The first kappa shape index (κ1) is 11.0. The van der Waals surface area contributed by atoms with E-state index < -0.39 is 0 Å². The van der Waals surface area contributed by atoms with Crippen LogP contribution in [0.1, 0.15) is 6.92 Å². The van der Waals surface area contributed by atoms with E-state index in [-0.39, 0.29) is 0 Å². The van der Waals surface area contributed by atoms with Gasteiger partial charge in [0.05, 0.1) is 24.4 Å². The highest BCUT2D eigenvalue weighted by molar-refractivity contribution is 7.22. The number of methoxy groups -OCH3 is 2. The molecule has 0 aliphatic rings. The molecule has 0 saturated heterocycles. The van der Waals surface area contributed by atoms with E-state index in [2.05, 4.69) is 10.3 Å². The Morgan fingerprint density at radius 1 is 1.25 bits per heavy atom. The molecule has 0 unspecified atom stereocenters. The van der Waals surface area contributed by atoms with Gasteiger partial charge in [0.25, 0.3) is 0 Å². The number of hydrogen-bond acceptors (Lipinski definition) is 5. The van der Waals surface area contributed by atoms with E-state index in [0.29, 0.717) is 5.75 Å². The Hall–Kier alpha value is -1.49. The number of aromatic nitrogens is 1. The van der Waals surface area contributed by atoms with Crippen molar-refractivity contribution in [2.75, 3.05) is 26.1 Å². The van der Waals surface area contributed by atoms with Crippen molar-refractivity contribution in [3.05, 3.63) is 12.1 Å². The number of fused-ring (bicyclic) bond motifs is 1. The predicted octanol–water partition coefficient (Wildman–Crippen LogP) is 2.75. The van der Waals surface area contributed by atoms with Gasteiger partial charge in [0, 0.05) is 18.7 Å². The zero-order valence-electron chi connectivity index (χ0n) is 9.53. The Morgan fingerprint density at radius 2 is 1.94 bits per heavy atom. The molecule has 1 aromatic heterocycles. The lowest BCUT2D eigenvalue weighted by atomic mass is 10.3. The molecule has 2 aromatic rings. The summed E-state index contributed by atoms with van der Waals surface area (Å²) in [6, 6.07) is 3.85. The van der Waals surface area contributed by atoms with Crippen LogP contribution < -0.4 is 14.8 Å². The van der Waals surface area contributed by atoms with Gasteiger partial charge >= 0.3 is 0 Å². The van der Waals surface area contributed by atoms with Gasteiger partial charge in [-0.1, -0.05) is 11.3 Å². The minimum atomic E-state index is 0.711. The summed E-state index contributed by atoms with van der Waals surface area (Å²) in [6.45, 7) is 2.92. The first-order valence-electron chi connectivity index (χ1n) is 5.05. The van der Waals surface area contributed by atoms with Crippen molar-refractivity contribution < 1.29 is 9.47 Å². The summed E-state index contributed by atoms with van der Waals surface area (Å²) in [5.74, 6) is 1.45. The quantitative estimate of drug-likeness (QED) is 0.889. The van der Waals surface area contributed by atoms with Crippen molar-refractivity contribution in [1.82, 2.24) is 4.98 Å². The fourth-order valence-electron chi connectivity index (χ4n) is 1.48. The average molecular weight is 238 g/mol. The largest absolute Gasteiger partial charge is 0.493 e. The number of hydrogen-bond donors (Lipinski definition) is 1. The van der Waals surface area contributed by atoms with E-state index in [1.165, 1.54) is 0 Å². The van der Waals surface area contributed by atoms with Crippen LogP contribution in [-0.4, -0.2) is 25.7 Å². The van der Waals surface area contributed by atoms with Gasteiger partial charge in [0.15, 0.2) is 16.6 Å². The maximum atomic E-state index is 5.25. The van der Waals surface area contributed by atoms with Crippen molar-refractivity contribution in [2.45, 2.75) is 6.92 Å². The number of ether oxygens (including phenoxy) is 2. The molecule has 0 atom stereocenters. The molecule has 0 aliphatic carbocycles. The number of thiazole rings is 1. The topological polar surface area (TPSA) is 43.4 Å². The minimum absolute atomic E-state index is 0.711. The van der Waals surface area contributed by atoms with E-state index >= 15 is 0 Å². The van der Waals surface area contributed by atoms with Gasteiger partial charge in [-0.25, -0.2) is 4.98 Å². The van der Waals surface area contributed by atoms with Crippen molar-refractivity contribution in [1.29, 1.82) is 0 Å². The van der Waals surface area contributed by atoms with E-state index in [1.807, 2.05) is 19.1 Å². The van der Waals surface area contributed by atoms with Crippen LogP contribution in [0.2, 0.25) is 0 Å². The van der Waals surface area contributed by atoms with Gasteiger partial charge in [-0.3, -0.25) is 0 Å². The summed E-state index contributed by atoms with van der Waals surface area (Å²) in [6.07, 6.45) is 0. The maximum Gasteiger partial charge on any atom is 0.183 e. The molecule has 1 N–H and O–H groups in total. The summed E-state index contributed by atoms with van der Waals surface area (Å²) < 4.78 is 11.6. The molecule has 2 rings (SSSR count). The van der Waals surface area contributed by atoms with Crippen LogP contribution in [0.15, 0.2) is 12.1 Å². The smallest absolute Gasteiger partial charge is 0.183 e. The van der Waals surface area contributed by atoms with Gasteiger partial charge in [-0.2, -0.15) is 0 Å². The monoisotopic (exact) mass is 238 g/mol. The van der Waals surface area contributed by atoms with Crippen LogP contribution in [0.3, 0.4) is 0 Å². The number of benzene rings is 1. The molecule has 1 heterocycles. The molecule has 4 nitrogen and oxygen atoms in total. The lowest BCUT2D eigenvalue weighted by Gasteiger charge is -2.05. The first-order valence-corrected chi connectivity index (χ1v) is 5.86. The van der Waals surface area contributed by atoms with Crippen LogP contribution in [-0.2, 0) is 0 Å². The standard InChI is InChI=1S/C11H14N2O2S/c1-4-12-11-13-7-5-8(14-2)9(15-3)6-10(7)16-11/h5-6H,4H2,1-3H3,(H,12,13). The Labute approximate surface area is 98.2 Å². The molecule has 0 amide bonds. The molecule has 0 spiro atoms.